The van der Waals surface area contributed by atoms with Crippen molar-refractivity contribution >= 4 is 5.97 Å². The zero-order valence-corrected chi connectivity index (χ0v) is 12.8. The third kappa shape index (κ3) is 4.44. The molecule has 0 aliphatic heterocycles. The lowest BCUT2D eigenvalue weighted by molar-refractivity contribution is -0.147. The van der Waals surface area contributed by atoms with Gasteiger partial charge in [0.1, 0.15) is 5.54 Å². The van der Waals surface area contributed by atoms with Gasteiger partial charge in [-0.05, 0) is 59.4 Å². The summed E-state index contributed by atoms with van der Waals surface area (Å²) in [5, 5.41) is 0. The second-order valence-electron chi connectivity index (χ2n) is 5.83. The minimum absolute atomic E-state index is 0.264. The highest BCUT2D eigenvalue weighted by atomic mass is 16.5. The molecule has 0 saturated heterocycles. The van der Waals surface area contributed by atoms with Crippen LogP contribution in [0.1, 0.15) is 32.6 Å². The largest absolute Gasteiger partial charge is 0.468 e. The molecule has 5 nitrogen and oxygen atoms in total. The van der Waals surface area contributed by atoms with Gasteiger partial charge in [-0.3, -0.25) is 4.79 Å². The summed E-state index contributed by atoms with van der Waals surface area (Å²) in [5.74, 6) is -0.264. The van der Waals surface area contributed by atoms with Crippen LogP contribution >= 0.6 is 0 Å². The molecule has 1 saturated carbocycles. The average molecular weight is 271 g/mol. The summed E-state index contributed by atoms with van der Waals surface area (Å²) in [5.41, 5.74) is 5.39. The lowest BCUT2D eigenvalue weighted by Gasteiger charge is -2.29. The second kappa shape index (κ2) is 7.22. The van der Waals surface area contributed by atoms with Crippen LogP contribution in [0.4, 0.5) is 0 Å². The van der Waals surface area contributed by atoms with E-state index in [1.54, 1.807) is 0 Å². The number of nitrogens with two attached hydrogens (primary N) is 1. The molecule has 1 fully saturated rings. The van der Waals surface area contributed by atoms with E-state index in [1.165, 1.54) is 7.11 Å². The van der Waals surface area contributed by atoms with Crippen LogP contribution in [0.3, 0.4) is 0 Å². The van der Waals surface area contributed by atoms with Gasteiger partial charge in [0, 0.05) is 6.04 Å². The molecule has 2 unspecified atom stereocenters. The lowest BCUT2D eigenvalue weighted by Crippen LogP contribution is -2.48. The lowest BCUT2D eigenvalue weighted by atomic mass is 9.99. The Bertz CT molecular complexity index is 296. The van der Waals surface area contributed by atoms with Crippen LogP contribution in [0, 0.1) is 0 Å². The average Bonchev–Trinajstić information content (AvgIpc) is 2.77. The number of carbonyl (C=O) groups is 1. The number of carbonyl (C=O) groups excluding carboxylic acids is 1. The predicted octanol–water partition coefficient (Wildman–Crippen LogP) is 0.683. The molecule has 112 valence electrons. The number of ether oxygens (including phenoxy) is 1. The molecule has 0 aromatic heterocycles. The number of methoxy groups -OCH3 is 1. The van der Waals surface area contributed by atoms with Crippen molar-refractivity contribution in [1.29, 1.82) is 0 Å². The molecule has 0 bridgehead atoms. The number of nitrogens with zero attached hydrogens (tertiary/aromatic N) is 2. The molecule has 0 aromatic rings. The van der Waals surface area contributed by atoms with E-state index in [0.717, 1.165) is 45.3 Å². The highest BCUT2D eigenvalue weighted by Crippen LogP contribution is 2.32. The summed E-state index contributed by atoms with van der Waals surface area (Å²) < 4.78 is 4.82. The van der Waals surface area contributed by atoms with Crippen molar-refractivity contribution in [1.82, 2.24) is 9.80 Å². The van der Waals surface area contributed by atoms with Gasteiger partial charge in [-0.2, -0.15) is 0 Å². The normalized spacial score (nSPS) is 27.2. The highest BCUT2D eigenvalue weighted by Gasteiger charge is 2.44. The fourth-order valence-corrected chi connectivity index (χ4v) is 2.94. The summed E-state index contributed by atoms with van der Waals surface area (Å²) in [4.78, 5) is 16.4. The summed E-state index contributed by atoms with van der Waals surface area (Å²) in [6, 6.07) is 0.413. The number of rotatable bonds is 7. The summed E-state index contributed by atoms with van der Waals surface area (Å²) in [6.07, 6.45) is 3.58. The molecule has 5 heteroatoms. The van der Waals surface area contributed by atoms with Crippen LogP contribution in [0.15, 0.2) is 0 Å². The van der Waals surface area contributed by atoms with Crippen molar-refractivity contribution in [2.45, 2.75) is 44.2 Å². The highest BCUT2D eigenvalue weighted by molar-refractivity contribution is 5.81. The number of hydrogen-bond donors (Lipinski definition) is 1. The maximum absolute atomic E-state index is 11.7. The molecule has 0 aromatic carbocycles. The van der Waals surface area contributed by atoms with Crippen molar-refractivity contribution < 1.29 is 9.53 Å². The van der Waals surface area contributed by atoms with Crippen LogP contribution < -0.4 is 5.73 Å². The molecule has 0 radical (unpaired) electrons. The summed E-state index contributed by atoms with van der Waals surface area (Å²) in [6.45, 7) is 5.34. The van der Waals surface area contributed by atoms with Crippen molar-refractivity contribution in [2.24, 2.45) is 5.73 Å². The monoisotopic (exact) mass is 271 g/mol. The minimum atomic E-state index is -0.769. The van der Waals surface area contributed by atoms with E-state index in [-0.39, 0.29) is 5.97 Å². The van der Waals surface area contributed by atoms with Gasteiger partial charge in [0.15, 0.2) is 0 Å². The molecule has 0 amide bonds. The van der Waals surface area contributed by atoms with Crippen LogP contribution in [0.2, 0.25) is 0 Å². The van der Waals surface area contributed by atoms with E-state index >= 15 is 0 Å². The van der Waals surface area contributed by atoms with Crippen molar-refractivity contribution in [3.8, 4) is 0 Å². The summed E-state index contributed by atoms with van der Waals surface area (Å²) >= 11 is 0. The van der Waals surface area contributed by atoms with Crippen LogP contribution in [-0.4, -0.2) is 68.2 Å². The van der Waals surface area contributed by atoms with Crippen molar-refractivity contribution in [3.05, 3.63) is 0 Å². The van der Waals surface area contributed by atoms with E-state index in [2.05, 4.69) is 30.8 Å². The Hall–Kier alpha value is -0.650. The van der Waals surface area contributed by atoms with Crippen molar-refractivity contribution in [2.75, 3.05) is 40.8 Å². The van der Waals surface area contributed by atoms with Crippen molar-refractivity contribution in [3.63, 3.8) is 0 Å². The molecule has 1 rings (SSSR count). The molecule has 0 heterocycles. The van der Waals surface area contributed by atoms with E-state index in [0.29, 0.717) is 6.04 Å². The Morgan fingerprint density at radius 3 is 2.63 bits per heavy atom. The molecular formula is C14H29N3O2. The fraction of sp³-hybridized carbons (Fsp3) is 0.929. The zero-order valence-electron chi connectivity index (χ0n) is 12.8. The van der Waals surface area contributed by atoms with E-state index < -0.39 is 5.54 Å². The van der Waals surface area contributed by atoms with Gasteiger partial charge in [0.2, 0.25) is 0 Å². The van der Waals surface area contributed by atoms with Gasteiger partial charge in [0.25, 0.3) is 0 Å². The number of hydrogen-bond acceptors (Lipinski definition) is 5. The third-order valence-electron chi connectivity index (χ3n) is 4.09. The molecule has 2 atom stereocenters. The van der Waals surface area contributed by atoms with Gasteiger partial charge >= 0.3 is 5.97 Å². The van der Waals surface area contributed by atoms with Gasteiger partial charge in [-0.25, -0.2) is 0 Å². The van der Waals surface area contributed by atoms with Crippen LogP contribution in [0.25, 0.3) is 0 Å². The van der Waals surface area contributed by atoms with Crippen LogP contribution in [-0.2, 0) is 9.53 Å². The SMILES string of the molecule is CCN(CCCN(C)C)C1CCC(N)(C(=O)OC)C1. The molecule has 0 spiro atoms. The topological polar surface area (TPSA) is 58.8 Å². The number of esters is 1. The Morgan fingerprint density at radius 1 is 1.42 bits per heavy atom. The zero-order chi connectivity index (χ0) is 14.5. The first-order valence-electron chi connectivity index (χ1n) is 7.19. The quantitative estimate of drug-likeness (QED) is 0.690. The van der Waals surface area contributed by atoms with E-state index in [9.17, 15) is 4.79 Å². The smallest absolute Gasteiger partial charge is 0.325 e. The molecule has 19 heavy (non-hydrogen) atoms. The second-order valence-corrected chi connectivity index (χ2v) is 5.83. The Balaban J connectivity index is 2.48. The molecule has 2 N–H and O–H groups in total. The van der Waals surface area contributed by atoms with Gasteiger partial charge < -0.3 is 20.3 Å². The maximum atomic E-state index is 11.7. The minimum Gasteiger partial charge on any atom is -0.468 e. The first-order valence-corrected chi connectivity index (χ1v) is 7.19. The standard InChI is InChI=1S/C14H29N3O2/c1-5-17(10-6-9-16(2)3)12-7-8-14(15,11-12)13(18)19-4/h12H,5-11,15H2,1-4H3. The van der Waals surface area contributed by atoms with Gasteiger partial charge in [-0.1, -0.05) is 6.92 Å². The fourth-order valence-electron chi connectivity index (χ4n) is 2.94. The van der Waals surface area contributed by atoms with E-state index in [4.69, 9.17) is 10.5 Å². The summed E-state index contributed by atoms with van der Waals surface area (Å²) in [7, 11) is 5.60. The first kappa shape index (κ1) is 16.4. The first-order chi connectivity index (χ1) is 8.92. The maximum Gasteiger partial charge on any atom is 0.325 e. The molecular weight excluding hydrogens is 242 g/mol. The Morgan fingerprint density at radius 2 is 2.11 bits per heavy atom. The Labute approximate surface area is 117 Å². The molecule has 1 aliphatic rings. The predicted molar refractivity (Wildman–Crippen MR) is 77.0 cm³/mol. The molecule has 1 aliphatic carbocycles. The van der Waals surface area contributed by atoms with E-state index in [1.807, 2.05) is 0 Å². The van der Waals surface area contributed by atoms with Gasteiger partial charge in [-0.15, -0.1) is 0 Å². The third-order valence-corrected chi connectivity index (χ3v) is 4.09. The van der Waals surface area contributed by atoms with Crippen LogP contribution in [0.5, 0.6) is 0 Å². The van der Waals surface area contributed by atoms with Gasteiger partial charge in [0.05, 0.1) is 7.11 Å². The Kier molecular flexibility index (Phi) is 6.23.